The first-order valence-corrected chi connectivity index (χ1v) is 9.04. The van der Waals surface area contributed by atoms with Crippen LogP contribution in [0, 0.1) is 0 Å². The van der Waals surface area contributed by atoms with E-state index in [2.05, 4.69) is 21.2 Å². The number of rotatable bonds is 4. The van der Waals surface area contributed by atoms with Gasteiger partial charge >= 0.3 is 0 Å². The highest BCUT2D eigenvalue weighted by atomic mass is 79.9. The van der Waals surface area contributed by atoms with Gasteiger partial charge in [-0.05, 0) is 18.2 Å². The Labute approximate surface area is 127 Å². The van der Waals surface area contributed by atoms with E-state index in [1.54, 1.807) is 0 Å². The zero-order chi connectivity index (χ0) is 14.6. The molecule has 7 heteroatoms. The van der Waals surface area contributed by atoms with Crippen molar-refractivity contribution in [1.29, 1.82) is 0 Å². The standard InChI is InChI=1S/C13H17BrN2O3S/c14-11-2-1-3-12(10-11)15-13(17)4-5-16-6-8-20(18,19)9-7-16/h1-3,10H,4-9H2,(H,15,17). The smallest absolute Gasteiger partial charge is 0.225 e. The predicted octanol–water partition coefficient (Wildman–Crippen LogP) is 1.51. The van der Waals surface area contributed by atoms with Crippen LogP contribution in [0.25, 0.3) is 0 Å². The number of nitrogens with zero attached hydrogens (tertiary/aromatic N) is 1. The van der Waals surface area contributed by atoms with Crippen LogP contribution < -0.4 is 5.32 Å². The second-order valence-electron chi connectivity index (χ2n) is 4.80. The molecule has 0 spiro atoms. The van der Waals surface area contributed by atoms with Crippen LogP contribution in [0.2, 0.25) is 0 Å². The molecule has 0 aromatic heterocycles. The zero-order valence-corrected chi connectivity index (χ0v) is 13.4. The van der Waals surface area contributed by atoms with Gasteiger partial charge in [0.15, 0.2) is 9.84 Å². The van der Waals surface area contributed by atoms with E-state index in [0.717, 1.165) is 10.2 Å². The molecule has 0 saturated carbocycles. The van der Waals surface area contributed by atoms with E-state index in [0.29, 0.717) is 26.1 Å². The van der Waals surface area contributed by atoms with Crippen molar-refractivity contribution in [2.24, 2.45) is 0 Å². The molecule has 110 valence electrons. The summed E-state index contributed by atoms with van der Waals surface area (Å²) in [6, 6.07) is 7.42. The third kappa shape index (κ3) is 4.88. The van der Waals surface area contributed by atoms with E-state index in [1.165, 1.54) is 0 Å². The molecular formula is C13H17BrN2O3S. The predicted molar refractivity (Wildman–Crippen MR) is 82.5 cm³/mol. The van der Waals surface area contributed by atoms with E-state index < -0.39 is 9.84 Å². The van der Waals surface area contributed by atoms with Crippen molar-refractivity contribution in [3.63, 3.8) is 0 Å². The molecule has 0 atom stereocenters. The number of anilines is 1. The molecule has 1 aromatic carbocycles. The van der Waals surface area contributed by atoms with Crippen molar-refractivity contribution in [1.82, 2.24) is 4.90 Å². The molecule has 1 saturated heterocycles. The number of carbonyl (C=O) groups excluding carboxylic acids is 1. The number of hydrogen-bond donors (Lipinski definition) is 1. The first kappa shape index (κ1) is 15.5. The zero-order valence-electron chi connectivity index (χ0n) is 11.0. The molecule has 1 N–H and O–H groups in total. The SMILES string of the molecule is O=C(CCN1CCS(=O)(=O)CC1)Nc1cccc(Br)c1. The fourth-order valence-corrected chi connectivity index (χ4v) is 3.70. The Bertz CT molecular complexity index is 575. The lowest BCUT2D eigenvalue weighted by atomic mass is 10.3. The number of carbonyl (C=O) groups is 1. The third-order valence-electron chi connectivity index (χ3n) is 3.20. The molecule has 1 aromatic rings. The maximum atomic E-state index is 11.8. The van der Waals surface area contributed by atoms with Gasteiger partial charge in [0.25, 0.3) is 0 Å². The Morgan fingerprint density at radius 3 is 2.65 bits per heavy atom. The van der Waals surface area contributed by atoms with Gasteiger partial charge in [0, 0.05) is 36.2 Å². The molecule has 1 amide bonds. The average molecular weight is 361 g/mol. The van der Waals surface area contributed by atoms with E-state index in [4.69, 9.17) is 0 Å². The van der Waals surface area contributed by atoms with Gasteiger partial charge < -0.3 is 10.2 Å². The lowest BCUT2D eigenvalue weighted by Crippen LogP contribution is -2.41. The molecule has 1 heterocycles. The Morgan fingerprint density at radius 2 is 2.00 bits per heavy atom. The molecular weight excluding hydrogens is 344 g/mol. The minimum absolute atomic E-state index is 0.0588. The number of nitrogens with one attached hydrogen (secondary N) is 1. The van der Waals surface area contributed by atoms with Crippen molar-refractivity contribution in [2.75, 3.05) is 36.5 Å². The summed E-state index contributed by atoms with van der Waals surface area (Å²) in [4.78, 5) is 13.8. The van der Waals surface area contributed by atoms with Crippen molar-refractivity contribution < 1.29 is 13.2 Å². The molecule has 0 radical (unpaired) electrons. The molecule has 0 unspecified atom stereocenters. The number of halogens is 1. The number of hydrogen-bond acceptors (Lipinski definition) is 4. The maximum absolute atomic E-state index is 11.8. The van der Waals surface area contributed by atoms with Crippen LogP contribution in [-0.2, 0) is 14.6 Å². The van der Waals surface area contributed by atoms with Gasteiger partial charge in [-0.3, -0.25) is 4.79 Å². The van der Waals surface area contributed by atoms with Crippen LogP contribution in [0.1, 0.15) is 6.42 Å². The summed E-state index contributed by atoms with van der Waals surface area (Å²) in [5.41, 5.74) is 0.755. The highest BCUT2D eigenvalue weighted by Crippen LogP contribution is 2.15. The maximum Gasteiger partial charge on any atom is 0.225 e. The minimum atomic E-state index is -2.85. The molecule has 0 aliphatic carbocycles. The summed E-state index contributed by atoms with van der Waals surface area (Å²) in [5, 5.41) is 2.82. The van der Waals surface area contributed by atoms with Crippen LogP contribution in [0.4, 0.5) is 5.69 Å². The average Bonchev–Trinajstić information content (AvgIpc) is 2.37. The second-order valence-corrected chi connectivity index (χ2v) is 8.02. The first-order chi connectivity index (χ1) is 9.44. The fraction of sp³-hybridized carbons (Fsp3) is 0.462. The molecule has 1 aliphatic heterocycles. The van der Waals surface area contributed by atoms with Crippen LogP contribution in [-0.4, -0.2) is 50.4 Å². The van der Waals surface area contributed by atoms with Gasteiger partial charge in [-0.15, -0.1) is 0 Å². The number of benzene rings is 1. The van der Waals surface area contributed by atoms with E-state index >= 15 is 0 Å². The molecule has 5 nitrogen and oxygen atoms in total. The highest BCUT2D eigenvalue weighted by molar-refractivity contribution is 9.10. The lowest BCUT2D eigenvalue weighted by Gasteiger charge is -2.26. The normalized spacial score (nSPS) is 18.6. The number of sulfone groups is 1. The molecule has 20 heavy (non-hydrogen) atoms. The van der Waals surface area contributed by atoms with Gasteiger partial charge in [0.2, 0.25) is 5.91 Å². The Kier molecular flexibility index (Phi) is 5.17. The van der Waals surface area contributed by atoms with Crippen LogP contribution >= 0.6 is 15.9 Å². The summed E-state index contributed by atoms with van der Waals surface area (Å²) in [7, 11) is -2.85. The van der Waals surface area contributed by atoms with E-state index in [1.807, 2.05) is 29.2 Å². The Hall–Kier alpha value is -0.920. The quantitative estimate of drug-likeness (QED) is 0.883. The third-order valence-corrected chi connectivity index (χ3v) is 5.30. The summed E-state index contributed by atoms with van der Waals surface area (Å²) in [5.74, 6) is 0.331. The van der Waals surface area contributed by atoms with Crippen LogP contribution in [0.15, 0.2) is 28.7 Å². The largest absolute Gasteiger partial charge is 0.326 e. The lowest BCUT2D eigenvalue weighted by molar-refractivity contribution is -0.116. The fourth-order valence-electron chi connectivity index (χ4n) is 2.02. The topological polar surface area (TPSA) is 66.5 Å². The second kappa shape index (κ2) is 6.69. The minimum Gasteiger partial charge on any atom is -0.326 e. The summed E-state index contributed by atoms with van der Waals surface area (Å²) >= 11 is 3.35. The van der Waals surface area contributed by atoms with Crippen LogP contribution in [0.3, 0.4) is 0 Å². The highest BCUT2D eigenvalue weighted by Gasteiger charge is 2.21. The molecule has 2 rings (SSSR count). The van der Waals surface area contributed by atoms with Gasteiger partial charge in [-0.2, -0.15) is 0 Å². The van der Waals surface area contributed by atoms with E-state index in [9.17, 15) is 13.2 Å². The molecule has 0 bridgehead atoms. The molecule has 1 aliphatic rings. The summed E-state index contributed by atoms with van der Waals surface area (Å²) in [6.45, 7) is 1.63. The molecule has 1 fully saturated rings. The summed E-state index contributed by atoms with van der Waals surface area (Å²) < 4.78 is 23.5. The summed E-state index contributed by atoms with van der Waals surface area (Å²) in [6.07, 6.45) is 0.368. The Balaban J connectivity index is 1.76. The van der Waals surface area contributed by atoms with Crippen molar-refractivity contribution in [2.45, 2.75) is 6.42 Å². The van der Waals surface area contributed by atoms with Crippen molar-refractivity contribution >= 4 is 37.4 Å². The van der Waals surface area contributed by atoms with Gasteiger partial charge in [0.05, 0.1) is 11.5 Å². The van der Waals surface area contributed by atoms with Crippen molar-refractivity contribution in [3.05, 3.63) is 28.7 Å². The van der Waals surface area contributed by atoms with Crippen LogP contribution in [0.5, 0.6) is 0 Å². The van der Waals surface area contributed by atoms with Crippen molar-refractivity contribution in [3.8, 4) is 0 Å². The van der Waals surface area contributed by atoms with Gasteiger partial charge in [-0.25, -0.2) is 8.42 Å². The monoisotopic (exact) mass is 360 g/mol. The van der Waals surface area contributed by atoms with Gasteiger partial charge in [0.1, 0.15) is 0 Å². The van der Waals surface area contributed by atoms with E-state index in [-0.39, 0.29) is 17.4 Å². The first-order valence-electron chi connectivity index (χ1n) is 6.43. The van der Waals surface area contributed by atoms with Gasteiger partial charge in [-0.1, -0.05) is 22.0 Å². The Morgan fingerprint density at radius 1 is 1.30 bits per heavy atom. The number of amides is 1.